The first kappa shape index (κ1) is 22.0. The van der Waals surface area contributed by atoms with Gasteiger partial charge in [0.05, 0.1) is 13.2 Å². The Bertz CT molecular complexity index is 797. The fraction of sp³-hybridized carbons (Fsp3) is 0.480. The molecule has 0 aliphatic carbocycles. The molecule has 1 N–H and O–H groups in total. The molecule has 0 bridgehead atoms. The van der Waals surface area contributed by atoms with E-state index in [-0.39, 0.29) is 5.91 Å². The molecule has 1 aliphatic heterocycles. The summed E-state index contributed by atoms with van der Waals surface area (Å²) in [6.45, 7) is 7.83. The molecule has 1 heterocycles. The molecule has 0 saturated carbocycles. The highest BCUT2D eigenvalue weighted by atomic mass is 16.5. The summed E-state index contributed by atoms with van der Waals surface area (Å²) < 4.78 is 11.2. The molecule has 2 aromatic carbocycles. The van der Waals surface area contributed by atoms with Gasteiger partial charge in [-0.2, -0.15) is 0 Å². The van der Waals surface area contributed by atoms with Gasteiger partial charge in [0.2, 0.25) is 0 Å². The van der Waals surface area contributed by atoms with Crippen molar-refractivity contribution in [1.29, 1.82) is 0 Å². The minimum absolute atomic E-state index is 0.0970. The normalized spacial score (nSPS) is 14.1. The molecular formula is C25H34N2O3. The van der Waals surface area contributed by atoms with Crippen molar-refractivity contribution in [1.82, 2.24) is 5.32 Å². The number of benzene rings is 2. The molecule has 0 radical (unpaired) electrons. The lowest BCUT2D eigenvalue weighted by atomic mass is 10.1. The number of nitrogens with one attached hydrogen (secondary N) is 1. The smallest absolute Gasteiger partial charge is 0.251 e. The van der Waals surface area contributed by atoms with Crippen molar-refractivity contribution in [3.63, 3.8) is 0 Å². The number of carbonyl (C=O) groups is 1. The zero-order valence-corrected chi connectivity index (χ0v) is 18.3. The van der Waals surface area contributed by atoms with Gasteiger partial charge in [-0.05, 0) is 69.0 Å². The van der Waals surface area contributed by atoms with E-state index < -0.39 is 0 Å². The van der Waals surface area contributed by atoms with E-state index in [9.17, 15) is 4.79 Å². The molecule has 0 spiro atoms. The predicted octanol–water partition coefficient (Wildman–Crippen LogP) is 4.84. The zero-order valence-electron chi connectivity index (χ0n) is 18.3. The van der Waals surface area contributed by atoms with Gasteiger partial charge in [0.25, 0.3) is 5.91 Å². The first-order chi connectivity index (χ1) is 14.7. The topological polar surface area (TPSA) is 50.8 Å². The Hall–Kier alpha value is -2.69. The van der Waals surface area contributed by atoms with Gasteiger partial charge in [0.1, 0.15) is 0 Å². The van der Waals surface area contributed by atoms with Crippen molar-refractivity contribution in [2.45, 2.75) is 46.0 Å². The second kappa shape index (κ2) is 11.5. The summed E-state index contributed by atoms with van der Waals surface area (Å²) in [5.74, 6) is 1.18. The predicted molar refractivity (Wildman–Crippen MR) is 122 cm³/mol. The summed E-state index contributed by atoms with van der Waals surface area (Å²) in [6.07, 6.45) is 6.06. The van der Waals surface area contributed by atoms with Crippen LogP contribution >= 0.6 is 0 Å². The average Bonchev–Trinajstić information content (AvgIpc) is 3.05. The molecule has 2 aromatic rings. The van der Waals surface area contributed by atoms with Gasteiger partial charge in [0.15, 0.2) is 11.5 Å². The van der Waals surface area contributed by atoms with E-state index in [0.29, 0.717) is 36.8 Å². The van der Waals surface area contributed by atoms with Crippen LogP contribution in [0.15, 0.2) is 42.5 Å². The SMILES string of the molecule is CCOc1ccc(C(=O)NCCc2ccc(N3CCCCCC3)cc2)cc1OCC. The van der Waals surface area contributed by atoms with Gasteiger partial charge in [0, 0.05) is 30.9 Å². The number of hydrogen-bond donors (Lipinski definition) is 1. The van der Waals surface area contributed by atoms with Crippen molar-refractivity contribution in [3.8, 4) is 11.5 Å². The van der Waals surface area contributed by atoms with Crippen molar-refractivity contribution < 1.29 is 14.3 Å². The van der Waals surface area contributed by atoms with E-state index in [1.165, 1.54) is 36.9 Å². The van der Waals surface area contributed by atoms with Gasteiger partial charge >= 0.3 is 0 Å². The van der Waals surface area contributed by atoms with Crippen LogP contribution in [0.2, 0.25) is 0 Å². The van der Waals surface area contributed by atoms with Crippen LogP contribution in [-0.2, 0) is 6.42 Å². The highest BCUT2D eigenvalue weighted by molar-refractivity contribution is 5.94. The zero-order chi connectivity index (χ0) is 21.2. The maximum Gasteiger partial charge on any atom is 0.251 e. The van der Waals surface area contributed by atoms with Crippen LogP contribution in [0.25, 0.3) is 0 Å². The fourth-order valence-corrected chi connectivity index (χ4v) is 3.82. The molecule has 1 amide bonds. The Morgan fingerprint density at radius 1 is 0.900 bits per heavy atom. The van der Waals surface area contributed by atoms with Crippen molar-refractivity contribution >= 4 is 11.6 Å². The number of ether oxygens (including phenoxy) is 2. The highest BCUT2D eigenvalue weighted by Crippen LogP contribution is 2.28. The van der Waals surface area contributed by atoms with Crippen molar-refractivity contribution in [2.75, 3.05) is 37.7 Å². The number of hydrogen-bond acceptors (Lipinski definition) is 4. The summed E-state index contributed by atoms with van der Waals surface area (Å²) in [7, 11) is 0. The lowest BCUT2D eigenvalue weighted by Gasteiger charge is -2.22. The van der Waals surface area contributed by atoms with E-state index in [2.05, 4.69) is 34.5 Å². The summed E-state index contributed by atoms with van der Waals surface area (Å²) in [5, 5.41) is 3.01. The maximum absolute atomic E-state index is 12.5. The van der Waals surface area contributed by atoms with Crippen LogP contribution in [0.1, 0.15) is 55.5 Å². The molecule has 5 nitrogen and oxygen atoms in total. The molecule has 1 fully saturated rings. The Morgan fingerprint density at radius 2 is 1.57 bits per heavy atom. The van der Waals surface area contributed by atoms with Crippen LogP contribution in [0.3, 0.4) is 0 Å². The second-order valence-corrected chi connectivity index (χ2v) is 7.60. The second-order valence-electron chi connectivity index (χ2n) is 7.60. The van der Waals surface area contributed by atoms with Crippen LogP contribution in [0, 0.1) is 0 Å². The Balaban J connectivity index is 1.52. The third-order valence-electron chi connectivity index (χ3n) is 5.41. The summed E-state index contributed by atoms with van der Waals surface area (Å²) >= 11 is 0. The maximum atomic E-state index is 12.5. The molecule has 30 heavy (non-hydrogen) atoms. The Labute approximate surface area is 180 Å². The van der Waals surface area contributed by atoms with E-state index in [0.717, 1.165) is 19.5 Å². The van der Waals surface area contributed by atoms with Crippen molar-refractivity contribution in [3.05, 3.63) is 53.6 Å². The lowest BCUT2D eigenvalue weighted by molar-refractivity contribution is 0.0953. The first-order valence-corrected chi connectivity index (χ1v) is 11.2. The number of anilines is 1. The molecular weight excluding hydrogens is 376 g/mol. The summed E-state index contributed by atoms with van der Waals surface area (Å²) in [4.78, 5) is 15.0. The number of nitrogens with zero attached hydrogens (tertiary/aromatic N) is 1. The molecule has 1 aliphatic rings. The van der Waals surface area contributed by atoms with Crippen LogP contribution < -0.4 is 19.7 Å². The molecule has 0 atom stereocenters. The molecule has 162 valence electrons. The van der Waals surface area contributed by atoms with E-state index in [1.807, 2.05) is 13.8 Å². The monoisotopic (exact) mass is 410 g/mol. The molecule has 5 heteroatoms. The molecule has 0 unspecified atom stereocenters. The average molecular weight is 411 g/mol. The molecule has 0 aromatic heterocycles. The summed E-state index contributed by atoms with van der Waals surface area (Å²) in [6, 6.07) is 14.1. The van der Waals surface area contributed by atoms with E-state index in [4.69, 9.17) is 9.47 Å². The highest BCUT2D eigenvalue weighted by Gasteiger charge is 2.12. The van der Waals surface area contributed by atoms with Crippen LogP contribution in [0.5, 0.6) is 11.5 Å². The lowest BCUT2D eigenvalue weighted by Crippen LogP contribution is -2.26. The standard InChI is InChI=1S/C25H34N2O3/c1-3-29-23-14-11-21(19-24(23)30-4-2)25(28)26-16-15-20-9-12-22(13-10-20)27-17-7-5-6-8-18-27/h9-14,19H,3-8,15-18H2,1-2H3,(H,26,28). The fourth-order valence-electron chi connectivity index (χ4n) is 3.82. The van der Waals surface area contributed by atoms with Crippen LogP contribution in [-0.4, -0.2) is 38.8 Å². The van der Waals surface area contributed by atoms with E-state index >= 15 is 0 Å². The molecule has 3 rings (SSSR count). The van der Waals surface area contributed by atoms with Gasteiger partial charge in [-0.3, -0.25) is 4.79 Å². The summed E-state index contributed by atoms with van der Waals surface area (Å²) in [5.41, 5.74) is 3.12. The Morgan fingerprint density at radius 3 is 2.23 bits per heavy atom. The first-order valence-electron chi connectivity index (χ1n) is 11.2. The molecule has 1 saturated heterocycles. The minimum atomic E-state index is -0.0970. The van der Waals surface area contributed by atoms with E-state index in [1.54, 1.807) is 18.2 Å². The van der Waals surface area contributed by atoms with Gasteiger partial charge in [-0.15, -0.1) is 0 Å². The largest absolute Gasteiger partial charge is 0.490 e. The van der Waals surface area contributed by atoms with Gasteiger partial charge in [-0.1, -0.05) is 25.0 Å². The quantitative estimate of drug-likeness (QED) is 0.643. The third kappa shape index (κ3) is 6.15. The van der Waals surface area contributed by atoms with Gasteiger partial charge < -0.3 is 19.7 Å². The van der Waals surface area contributed by atoms with Crippen LogP contribution in [0.4, 0.5) is 5.69 Å². The number of carbonyl (C=O) groups excluding carboxylic acids is 1. The Kier molecular flexibility index (Phi) is 8.42. The minimum Gasteiger partial charge on any atom is -0.490 e. The number of amides is 1. The van der Waals surface area contributed by atoms with Gasteiger partial charge in [-0.25, -0.2) is 0 Å². The number of rotatable bonds is 9. The van der Waals surface area contributed by atoms with Crippen molar-refractivity contribution in [2.24, 2.45) is 0 Å². The third-order valence-corrected chi connectivity index (χ3v) is 5.41.